The summed E-state index contributed by atoms with van der Waals surface area (Å²) >= 11 is 0. The second-order valence-electron chi connectivity index (χ2n) is 21.0. The molecule has 0 saturated carbocycles. The van der Waals surface area contributed by atoms with Crippen LogP contribution < -0.4 is 45.0 Å². The molecule has 0 aliphatic rings. The van der Waals surface area contributed by atoms with E-state index in [2.05, 4.69) is 31.8 Å². The topological polar surface area (TPSA) is 314 Å². The van der Waals surface area contributed by atoms with Crippen molar-refractivity contribution in [1.29, 1.82) is 0 Å². The van der Waals surface area contributed by atoms with Gasteiger partial charge in [-0.3, -0.25) is 62.2 Å². The first-order valence-corrected chi connectivity index (χ1v) is 28.8. The Bertz CT molecular complexity index is 4160. The van der Waals surface area contributed by atoms with E-state index in [0.717, 1.165) is 67.1 Å². The molecule has 0 atom stereocenters. The largest absolute Gasteiger partial charge is 0.481 e. The summed E-state index contributed by atoms with van der Waals surface area (Å²) in [5.74, 6) is 4.69. The highest BCUT2D eigenvalue weighted by atomic mass is 19.1. The van der Waals surface area contributed by atoms with E-state index in [4.69, 9.17) is 15.3 Å². The molecule has 0 fully saturated rings. The van der Waals surface area contributed by atoms with Crippen molar-refractivity contribution in [3.8, 4) is 11.8 Å². The number of halogens is 1. The number of H-pyrrole nitrogens is 4. The molecule has 0 aliphatic heterocycles. The number of aliphatic hydroxyl groups is 2. The average molecular weight is 1210 g/mol. The minimum atomic E-state index is -0.743. The van der Waals surface area contributed by atoms with Crippen molar-refractivity contribution < 1.29 is 29.3 Å². The van der Waals surface area contributed by atoms with Gasteiger partial charge in [0.15, 0.2) is 0 Å². The standard InChI is InChI=1S/C18H22N2O4.C16H17FN2O3.C16H20N2O3.C16H16N2O3/c1-13-11-20(18(24)19-17(13)23)12-15-9-7-14(8-10-15)5-3-2-4-6-16(21)22;1-11-9-19(16(22)18-15(11)21)10-12-5-6-13(14(17)8-12)4-2-3-7-20;2*1-12-10-18(16(21)17-15(12)20)11-14-7-5-13(6-8-14)4-2-3-9-19/h7-11H,2-6,12H2,1H3,(H,21,22)(H,19,23,24);5-9H,2-4,10H2,1H3,(H,18,21,22);5-8,10,19H,2-4,9,11H2,1H3,(H,17,20,21);5-8,10,19H,3,9,11H2,1H3,(H,17,20,21). The Morgan fingerprint density at radius 2 is 0.852 bits per heavy atom. The molecular formula is C66H75FN8O13. The average Bonchev–Trinajstić information content (AvgIpc) is 2.94. The van der Waals surface area contributed by atoms with Gasteiger partial charge in [-0.15, -0.1) is 0 Å². The van der Waals surface area contributed by atoms with Gasteiger partial charge in [-0.05, 0) is 136 Å². The third-order valence-electron chi connectivity index (χ3n) is 13.8. The molecular weight excluding hydrogens is 1130 g/mol. The van der Waals surface area contributed by atoms with E-state index in [-0.39, 0.29) is 48.7 Å². The van der Waals surface area contributed by atoms with Gasteiger partial charge in [0.2, 0.25) is 0 Å². The lowest BCUT2D eigenvalue weighted by atomic mass is 10.0. The molecule has 4 aromatic heterocycles. The number of benzene rings is 4. The van der Waals surface area contributed by atoms with Crippen molar-refractivity contribution in [3.05, 3.63) is 272 Å². The number of hydrogen-bond acceptors (Lipinski definition) is 12. The summed E-state index contributed by atoms with van der Waals surface area (Å²) < 4.78 is 19.8. The number of aldehydes is 1. The number of nitrogens with zero attached hydrogens (tertiary/aromatic N) is 4. The summed E-state index contributed by atoms with van der Waals surface area (Å²) in [6.07, 6.45) is 15.4. The maximum absolute atomic E-state index is 14.0. The van der Waals surface area contributed by atoms with Gasteiger partial charge in [-0.25, -0.2) is 23.6 Å². The number of aromatic nitrogens is 8. The zero-order valence-corrected chi connectivity index (χ0v) is 49.9. The maximum Gasteiger partial charge on any atom is 0.328 e. The maximum atomic E-state index is 14.0. The first kappa shape index (κ1) is 68.9. The summed E-state index contributed by atoms with van der Waals surface area (Å²) in [5, 5.41) is 26.0. The van der Waals surface area contributed by atoms with Gasteiger partial charge in [0.25, 0.3) is 22.2 Å². The molecule has 0 bridgehead atoms. The van der Waals surface area contributed by atoms with Crippen LogP contribution in [0.4, 0.5) is 4.39 Å². The van der Waals surface area contributed by atoms with Crippen LogP contribution in [-0.2, 0) is 55.0 Å². The normalized spacial score (nSPS) is 10.5. The van der Waals surface area contributed by atoms with Crippen molar-refractivity contribution >= 4 is 12.3 Å². The Morgan fingerprint density at radius 1 is 0.477 bits per heavy atom. The van der Waals surface area contributed by atoms with Crippen LogP contribution in [0, 0.1) is 45.4 Å². The van der Waals surface area contributed by atoms with Gasteiger partial charge >= 0.3 is 28.7 Å². The third kappa shape index (κ3) is 23.2. The molecule has 8 aromatic rings. The van der Waals surface area contributed by atoms with Crippen LogP contribution in [0.15, 0.2) is 154 Å². The first-order chi connectivity index (χ1) is 42.2. The smallest absolute Gasteiger partial charge is 0.328 e. The van der Waals surface area contributed by atoms with Gasteiger partial charge in [0, 0.05) is 78.5 Å². The molecule has 4 heterocycles. The molecule has 0 saturated heterocycles. The second kappa shape index (κ2) is 35.6. The van der Waals surface area contributed by atoms with Gasteiger partial charge < -0.3 is 20.1 Å². The molecule has 8 rings (SSSR count). The van der Waals surface area contributed by atoms with Crippen LogP contribution in [-0.4, -0.2) is 79.0 Å². The molecule has 21 nitrogen and oxygen atoms in total. The molecule has 7 N–H and O–H groups in total. The predicted octanol–water partition coefficient (Wildman–Crippen LogP) is 5.47. The molecule has 22 heteroatoms. The van der Waals surface area contributed by atoms with Crippen LogP contribution in [0.25, 0.3) is 0 Å². The number of aliphatic hydroxyl groups excluding tert-OH is 2. The number of rotatable bonds is 23. The monoisotopic (exact) mass is 1210 g/mol. The van der Waals surface area contributed by atoms with E-state index in [1.54, 1.807) is 58.4 Å². The molecule has 88 heavy (non-hydrogen) atoms. The highest BCUT2D eigenvalue weighted by molar-refractivity contribution is 5.66. The Kier molecular flexibility index (Phi) is 27.9. The fourth-order valence-corrected chi connectivity index (χ4v) is 8.76. The number of hydrogen-bond donors (Lipinski definition) is 7. The molecule has 0 unspecified atom stereocenters. The van der Waals surface area contributed by atoms with Gasteiger partial charge in [0.1, 0.15) is 12.1 Å². The van der Waals surface area contributed by atoms with E-state index in [1.165, 1.54) is 41.7 Å². The van der Waals surface area contributed by atoms with Crippen LogP contribution in [0.3, 0.4) is 0 Å². The van der Waals surface area contributed by atoms with Crippen molar-refractivity contribution in [3.63, 3.8) is 0 Å². The SMILES string of the molecule is Cc1cn(Cc2ccc(C#CCCO)cc2)c(=O)[nH]c1=O.Cc1cn(Cc2ccc(CCCC=O)c(F)c2)c(=O)[nH]c1=O.Cc1cn(Cc2ccc(CCCCCC(=O)O)cc2)c(=O)[nH]c1=O.Cc1cn(Cc2ccc(CCCCO)cc2)c(=O)[nH]c1=O. The molecule has 464 valence electrons. The summed E-state index contributed by atoms with van der Waals surface area (Å²) in [7, 11) is 0. The number of aliphatic carboxylic acids is 1. The molecule has 4 aromatic carbocycles. The van der Waals surface area contributed by atoms with Crippen LogP contribution in [0.2, 0.25) is 0 Å². The molecule has 0 radical (unpaired) electrons. The van der Waals surface area contributed by atoms with Crippen molar-refractivity contribution in [1.82, 2.24) is 38.2 Å². The minimum absolute atomic E-state index is 0.0551. The fourth-order valence-electron chi connectivity index (χ4n) is 8.76. The van der Waals surface area contributed by atoms with Crippen molar-refractivity contribution in [2.75, 3.05) is 13.2 Å². The zero-order valence-electron chi connectivity index (χ0n) is 49.9. The Labute approximate surface area is 505 Å². The number of aryl methyl sites for hydroxylation is 7. The highest BCUT2D eigenvalue weighted by Gasteiger charge is 2.09. The van der Waals surface area contributed by atoms with Crippen LogP contribution >= 0.6 is 0 Å². The third-order valence-corrected chi connectivity index (χ3v) is 13.8. The molecule has 0 amide bonds. The van der Waals surface area contributed by atoms with E-state index in [0.29, 0.717) is 85.1 Å². The van der Waals surface area contributed by atoms with Crippen LogP contribution in [0.5, 0.6) is 0 Å². The van der Waals surface area contributed by atoms with E-state index < -0.39 is 34.3 Å². The first-order valence-electron chi connectivity index (χ1n) is 28.8. The van der Waals surface area contributed by atoms with E-state index >= 15 is 0 Å². The number of carboxylic acids is 1. The number of carbonyl (C=O) groups is 2. The fraction of sp³-hybridized carbons (Fsp3) is 0.333. The lowest BCUT2D eigenvalue weighted by Gasteiger charge is -2.08. The number of unbranched alkanes of at least 4 members (excludes halogenated alkanes) is 4. The Hall–Kier alpha value is -9.85. The number of nitrogens with one attached hydrogen (secondary N) is 4. The Morgan fingerprint density at radius 3 is 1.23 bits per heavy atom. The summed E-state index contributed by atoms with van der Waals surface area (Å²) in [6.45, 7) is 8.32. The van der Waals surface area contributed by atoms with Crippen molar-refractivity contribution in [2.45, 2.75) is 131 Å². The molecule has 0 aliphatic carbocycles. The van der Waals surface area contributed by atoms with E-state index in [9.17, 15) is 52.3 Å². The summed E-state index contributed by atoms with van der Waals surface area (Å²) in [4.78, 5) is 122. The van der Waals surface area contributed by atoms with Crippen molar-refractivity contribution in [2.24, 2.45) is 0 Å². The second-order valence-corrected chi connectivity index (χ2v) is 21.0. The lowest BCUT2D eigenvalue weighted by molar-refractivity contribution is -0.137. The summed E-state index contributed by atoms with van der Waals surface area (Å²) in [5.41, 5.74) is 6.13. The van der Waals surface area contributed by atoms with Gasteiger partial charge in [-0.1, -0.05) is 91.1 Å². The minimum Gasteiger partial charge on any atom is -0.481 e. The lowest BCUT2D eigenvalue weighted by Crippen LogP contribution is -2.31. The highest BCUT2D eigenvalue weighted by Crippen LogP contribution is 2.15. The molecule has 0 spiro atoms. The van der Waals surface area contributed by atoms with Gasteiger partial charge in [0.05, 0.1) is 32.8 Å². The van der Waals surface area contributed by atoms with Crippen LogP contribution in [0.1, 0.15) is 125 Å². The number of aromatic amines is 4. The van der Waals surface area contributed by atoms with E-state index in [1.807, 2.05) is 72.8 Å². The summed E-state index contributed by atoms with van der Waals surface area (Å²) in [6, 6.07) is 28.3. The zero-order chi connectivity index (χ0) is 64.1. The number of carbonyl (C=O) groups excluding carboxylic acids is 1. The predicted molar refractivity (Wildman–Crippen MR) is 334 cm³/mol. The van der Waals surface area contributed by atoms with Gasteiger partial charge in [-0.2, -0.15) is 0 Å². The quantitative estimate of drug-likeness (QED) is 0.0238. The Balaban J connectivity index is 0.000000214. The number of carboxylic acid groups (broad SMARTS) is 1.